The largest absolute Gasteiger partial charge is 0.492 e. The molecule has 8 nitrogen and oxygen atoms in total. The minimum absolute atomic E-state index is 0.00651. The van der Waals surface area contributed by atoms with Crippen molar-refractivity contribution in [1.29, 1.82) is 0 Å². The molecule has 0 bridgehead atoms. The minimum atomic E-state index is -3.77. The molecular weight excluding hydrogens is 342 g/mol. The second-order valence-electron chi connectivity index (χ2n) is 4.77. The van der Waals surface area contributed by atoms with Gasteiger partial charge in [0.05, 0.1) is 6.61 Å². The van der Waals surface area contributed by atoms with Crippen molar-refractivity contribution in [3.05, 3.63) is 28.5 Å². The molecule has 0 atom stereocenters. The van der Waals surface area contributed by atoms with E-state index in [0.29, 0.717) is 23.9 Å². The van der Waals surface area contributed by atoms with Gasteiger partial charge < -0.3 is 10.5 Å². The highest BCUT2D eigenvalue weighted by atomic mass is 35.5. The summed E-state index contributed by atoms with van der Waals surface area (Å²) < 4.78 is 32.8. The van der Waals surface area contributed by atoms with Crippen LogP contribution in [0, 0.1) is 6.92 Å². The van der Waals surface area contributed by atoms with Gasteiger partial charge in [-0.2, -0.15) is 4.98 Å². The maximum atomic E-state index is 12.5. The highest BCUT2D eigenvalue weighted by Crippen LogP contribution is 2.30. The summed E-state index contributed by atoms with van der Waals surface area (Å²) in [5.41, 5.74) is 6.13. The Kier molecular flexibility index (Phi) is 5.45. The Bertz CT molecular complexity index is 791. The van der Waals surface area contributed by atoms with Crippen LogP contribution >= 0.6 is 11.6 Å². The number of rotatable bonds is 7. The number of halogens is 1. The fourth-order valence-electron chi connectivity index (χ4n) is 1.92. The van der Waals surface area contributed by atoms with E-state index in [9.17, 15) is 8.42 Å². The number of benzene rings is 1. The van der Waals surface area contributed by atoms with Crippen molar-refractivity contribution in [2.24, 2.45) is 0 Å². The number of aromatic amines is 1. The van der Waals surface area contributed by atoms with Crippen LogP contribution in [-0.2, 0) is 16.4 Å². The van der Waals surface area contributed by atoms with E-state index in [-0.39, 0.29) is 23.1 Å². The van der Waals surface area contributed by atoms with Gasteiger partial charge in [-0.1, -0.05) is 11.6 Å². The number of anilines is 1. The van der Waals surface area contributed by atoms with Crippen LogP contribution in [0.25, 0.3) is 0 Å². The third-order valence-corrected chi connectivity index (χ3v) is 4.91. The van der Waals surface area contributed by atoms with Crippen molar-refractivity contribution in [3.63, 3.8) is 0 Å². The highest BCUT2D eigenvalue weighted by Gasteiger charge is 2.21. The Labute approximate surface area is 139 Å². The van der Waals surface area contributed by atoms with Crippen LogP contribution in [0.15, 0.2) is 17.0 Å². The molecule has 0 aliphatic heterocycles. The Balaban J connectivity index is 2.16. The number of aromatic nitrogens is 3. The standard InChI is InChI=1S/C13H18ClN5O3S/c1-3-22-10-6-8(2)9(14)7-11(10)23(20,21)16-5-4-12-17-13(15)19-18-12/h6-7,16H,3-5H2,1-2H3,(H3,15,17,18,19). The summed E-state index contributed by atoms with van der Waals surface area (Å²) >= 11 is 6.04. The van der Waals surface area contributed by atoms with Crippen molar-refractivity contribution in [2.75, 3.05) is 18.9 Å². The normalized spacial score (nSPS) is 11.6. The van der Waals surface area contributed by atoms with E-state index in [4.69, 9.17) is 22.1 Å². The lowest BCUT2D eigenvalue weighted by atomic mass is 10.2. The van der Waals surface area contributed by atoms with Crippen molar-refractivity contribution in [2.45, 2.75) is 25.2 Å². The molecule has 10 heteroatoms. The molecule has 1 aromatic heterocycles. The first-order chi connectivity index (χ1) is 10.8. The summed E-state index contributed by atoms with van der Waals surface area (Å²) in [6.45, 7) is 4.04. The Morgan fingerprint density at radius 3 is 2.78 bits per heavy atom. The molecule has 2 aromatic rings. The van der Waals surface area contributed by atoms with Crippen molar-refractivity contribution in [3.8, 4) is 5.75 Å². The van der Waals surface area contributed by atoms with Gasteiger partial charge in [0, 0.05) is 18.0 Å². The van der Waals surface area contributed by atoms with Gasteiger partial charge in [0.15, 0.2) is 0 Å². The molecule has 1 heterocycles. The van der Waals surface area contributed by atoms with Crippen molar-refractivity contribution >= 4 is 27.6 Å². The van der Waals surface area contributed by atoms with Crippen molar-refractivity contribution < 1.29 is 13.2 Å². The van der Waals surface area contributed by atoms with Crippen LogP contribution < -0.4 is 15.2 Å². The molecular formula is C13H18ClN5O3S. The van der Waals surface area contributed by atoms with Gasteiger partial charge in [0.2, 0.25) is 16.0 Å². The van der Waals surface area contributed by atoms with Gasteiger partial charge >= 0.3 is 0 Å². The third-order valence-electron chi connectivity index (χ3n) is 3.02. The molecule has 23 heavy (non-hydrogen) atoms. The molecule has 0 saturated heterocycles. The van der Waals surface area contributed by atoms with Crippen LogP contribution in [0.3, 0.4) is 0 Å². The van der Waals surface area contributed by atoms with E-state index in [1.807, 2.05) is 0 Å². The number of aryl methyl sites for hydroxylation is 1. The molecule has 0 spiro atoms. The monoisotopic (exact) mass is 359 g/mol. The second-order valence-corrected chi connectivity index (χ2v) is 6.91. The summed E-state index contributed by atoms with van der Waals surface area (Å²) in [7, 11) is -3.77. The summed E-state index contributed by atoms with van der Waals surface area (Å²) in [6, 6.07) is 2.99. The fourth-order valence-corrected chi connectivity index (χ4v) is 3.33. The highest BCUT2D eigenvalue weighted by molar-refractivity contribution is 7.89. The van der Waals surface area contributed by atoms with Gasteiger partial charge in [0.1, 0.15) is 16.5 Å². The second kappa shape index (κ2) is 7.16. The van der Waals surface area contributed by atoms with E-state index in [1.165, 1.54) is 6.07 Å². The van der Waals surface area contributed by atoms with Crippen LogP contribution in [0.5, 0.6) is 5.75 Å². The van der Waals surface area contributed by atoms with Gasteiger partial charge in [-0.25, -0.2) is 13.1 Å². The summed E-state index contributed by atoms with van der Waals surface area (Å²) in [4.78, 5) is 3.91. The first-order valence-corrected chi connectivity index (χ1v) is 8.79. The topological polar surface area (TPSA) is 123 Å². The Morgan fingerprint density at radius 1 is 1.43 bits per heavy atom. The molecule has 0 radical (unpaired) electrons. The minimum Gasteiger partial charge on any atom is -0.492 e. The summed E-state index contributed by atoms with van der Waals surface area (Å²) in [6.07, 6.45) is 0.326. The van der Waals surface area contributed by atoms with E-state index in [1.54, 1.807) is 19.9 Å². The molecule has 0 aliphatic carbocycles. The molecule has 0 saturated carbocycles. The predicted molar refractivity (Wildman–Crippen MR) is 87.0 cm³/mol. The number of sulfonamides is 1. The first kappa shape index (κ1) is 17.5. The van der Waals surface area contributed by atoms with Gasteiger partial charge in [-0.15, -0.1) is 5.10 Å². The zero-order chi connectivity index (χ0) is 17.0. The quantitative estimate of drug-likeness (QED) is 0.684. The van der Waals surface area contributed by atoms with E-state index < -0.39 is 10.0 Å². The van der Waals surface area contributed by atoms with E-state index in [2.05, 4.69) is 19.9 Å². The van der Waals surface area contributed by atoms with Crippen molar-refractivity contribution in [1.82, 2.24) is 19.9 Å². The lowest BCUT2D eigenvalue weighted by Crippen LogP contribution is -2.27. The van der Waals surface area contributed by atoms with Gasteiger partial charge in [-0.3, -0.25) is 5.10 Å². The SMILES string of the molecule is CCOc1cc(C)c(Cl)cc1S(=O)(=O)NCCc1nc(N)n[nH]1. The molecule has 2 rings (SSSR count). The van der Waals surface area contributed by atoms with Crippen LogP contribution in [-0.4, -0.2) is 36.8 Å². The molecule has 126 valence electrons. The average molecular weight is 360 g/mol. The zero-order valence-electron chi connectivity index (χ0n) is 12.8. The van der Waals surface area contributed by atoms with E-state index in [0.717, 1.165) is 5.56 Å². The first-order valence-electron chi connectivity index (χ1n) is 6.93. The Morgan fingerprint density at radius 2 is 2.17 bits per heavy atom. The average Bonchev–Trinajstić information content (AvgIpc) is 2.88. The zero-order valence-corrected chi connectivity index (χ0v) is 14.3. The van der Waals surface area contributed by atoms with Gasteiger partial charge in [-0.05, 0) is 31.5 Å². The molecule has 0 amide bonds. The third kappa shape index (κ3) is 4.34. The Hall–Kier alpha value is -1.84. The number of H-pyrrole nitrogens is 1. The molecule has 4 N–H and O–H groups in total. The van der Waals surface area contributed by atoms with E-state index >= 15 is 0 Å². The maximum Gasteiger partial charge on any atom is 0.244 e. The number of nitrogens with zero attached hydrogens (tertiary/aromatic N) is 2. The fraction of sp³-hybridized carbons (Fsp3) is 0.385. The molecule has 1 aromatic carbocycles. The number of ether oxygens (including phenoxy) is 1. The smallest absolute Gasteiger partial charge is 0.244 e. The van der Waals surface area contributed by atoms with Gasteiger partial charge in [0.25, 0.3) is 0 Å². The number of hydrogen-bond acceptors (Lipinski definition) is 6. The maximum absolute atomic E-state index is 12.5. The number of nitrogens with one attached hydrogen (secondary N) is 2. The molecule has 0 unspecified atom stereocenters. The lowest BCUT2D eigenvalue weighted by molar-refractivity contribution is 0.330. The number of nitrogens with two attached hydrogens (primary N) is 1. The van der Waals surface area contributed by atoms with Crippen LogP contribution in [0.1, 0.15) is 18.3 Å². The van der Waals surface area contributed by atoms with Crippen LogP contribution in [0.2, 0.25) is 5.02 Å². The number of hydrogen-bond donors (Lipinski definition) is 3. The molecule has 0 aliphatic rings. The number of nitrogen functional groups attached to an aromatic ring is 1. The molecule has 0 fully saturated rings. The summed E-state index contributed by atoms with van der Waals surface area (Å²) in [5, 5.41) is 6.65. The lowest BCUT2D eigenvalue weighted by Gasteiger charge is -2.13. The summed E-state index contributed by atoms with van der Waals surface area (Å²) in [5.74, 6) is 0.884. The van der Waals surface area contributed by atoms with Crippen LogP contribution in [0.4, 0.5) is 5.95 Å². The predicted octanol–water partition coefficient (Wildman–Crippen LogP) is 1.27.